The predicted octanol–water partition coefficient (Wildman–Crippen LogP) is 3.06. The normalized spacial score (nSPS) is 11.6. The SMILES string of the molecule is N=C(N)c1ccc(S(=O)(=O)NCc2ccc(OCCCOc3ccc(CNS(=O)(=O)c4ccc(C(=N)N)cc4)cc3)cc2)cc1. The average Bonchev–Trinajstić information content (AvgIpc) is 3.04. The number of hydrogen-bond donors (Lipinski definition) is 6. The third-order valence-electron chi connectivity index (χ3n) is 6.56. The summed E-state index contributed by atoms with van der Waals surface area (Å²) >= 11 is 0. The molecule has 0 aromatic heterocycles. The molecule has 0 aliphatic heterocycles. The summed E-state index contributed by atoms with van der Waals surface area (Å²) in [6, 6.07) is 25.7. The van der Waals surface area contributed by atoms with Crippen LogP contribution < -0.4 is 30.4 Å². The lowest BCUT2D eigenvalue weighted by Crippen LogP contribution is -2.23. The van der Waals surface area contributed by atoms with Crippen molar-refractivity contribution in [1.29, 1.82) is 10.8 Å². The van der Waals surface area contributed by atoms with Crippen molar-refractivity contribution in [3.63, 3.8) is 0 Å². The lowest BCUT2D eigenvalue weighted by atomic mass is 10.2. The maximum absolute atomic E-state index is 12.5. The van der Waals surface area contributed by atoms with E-state index in [2.05, 4.69) is 9.44 Å². The molecular formula is C31H34N6O6S2. The van der Waals surface area contributed by atoms with Crippen LogP contribution in [0, 0.1) is 10.8 Å². The second kappa shape index (κ2) is 14.8. The van der Waals surface area contributed by atoms with E-state index in [4.69, 9.17) is 31.8 Å². The van der Waals surface area contributed by atoms with Crippen molar-refractivity contribution < 1.29 is 26.3 Å². The predicted molar refractivity (Wildman–Crippen MR) is 171 cm³/mol. The highest BCUT2D eigenvalue weighted by molar-refractivity contribution is 7.89. The highest BCUT2D eigenvalue weighted by atomic mass is 32.2. The Hall–Kier alpha value is -4.76. The molecule has 0 saturated heterocycles. The van der Waals surface area contributed by atoms with E-state index in [0.29, 0.717) is 42.3 Å². The molecule has 0 aliphatic rings. The summed E-state index contributed by atoms with van der Waals surface area (Å²) in [6.45, 7) is 1.03. The molecule has 0 fully saturated rings. The second-order valence-electron chi connectivity index (χ2n) is 9.86. The van der Waals surface area contributed by atoms with Gasteiger partial charge in [0.05, 0.1) is 23.0 Å². The topological polar surface area (TPSA) is 211 Å². The molecule has 0 bridgehead atoms. The van der Waals surface area contributed by atoms with Crippen LogP contribution in [0.2, 0.25) is 0 Å². The van der Waals surface area contributed by atoms with E-state index in [1.165, 1.54) is 48.5 Å². The van der Waals surface area contributed by atoms with E-state index in [1.807, 2.05) is 0 Å². The van der Waals surface area contributed by atoms with Gasteiger partial charge in [0, 0.05) is 30.6 Å². The average molecular weight is 651 g/mol. The fraction of sp³-hybridized carbons (Fsp3) is 0.161. The number of amidine groups is 2. The molecule has 4 aromatic carbocycles. The number of rotatable bonds is 16. The largest absolute Gasteiger partial charge is 0.493 e. The van der Waals surface area contributed by atoms with E-state index in [1.54, 1.807) is 48.5 Å². The van der Waals surface area contributed by atoms with Gasteiger partial charge in [-0.15, -0.1) is 0 Å². The molecule has 236 valence electrons. The van der Waals surface area contributed by atoms with Crippen molar-refractivity contribution in [3.05, 3.63) is 119 Å². The van der Waals surface area contributed by atoms with Crippen molar-refractivity contribution in [2.45, 2.75) is 29.3 Å². The van der Waals surface area contributed by atoms with Crippen LogP contribution in [0.5, 0.6) is 11.5 Å². The number of nitrogens with one attached hydrogen (secondary N) is 4. The molecule has 8 N–H and O–H groups in total. The minimum atomic E-state index is -3.72. The van der Waals surface area contributed by atoms with E-state index < -0.39 is 20.0 Å². The first-order valence-corrected chi connectivity index (χ1v) is 16.7. The summed E-state index contributed by atoms with van der Waals surface area (Å²) in [5, 5.41) is 14.8. The fourth-order valence-corrected chi connectivity index (χ4v) is 6.03. The summed E-state index contributed by atoms with van der Waals surface area (Å²) in [5.41, 5.74) is 13.2. The van der Waals surface area contributed by atoms with Gasteiger partial charge in [0.1, 0.15) is 23.2 Å². The van der Waals surface area contributed by atoms with Gasteiger partial charge < -0.3 is 20.9 Å². The molecule has 45 heavy (non-hydrogen) atoms. The van der Waals surface area contributed by atoms with Gasteiger partial charge in [-0.25, -0.2) is 26.3 Å². The molecule has 4 aromatic rings. The van der Waals surface area contributed by atoms with Crippen LogP contribution in [0.25, 0.3) is 0 Å². The van der Waals surface area contributed by atoms with Gasteiger partial charge in [-0.2, -0.15) is 0 Å². The zero-order chi connectivity index (χ0) is 32.5. The van der Waals surface area contributed by atoms with Crippen molar-refractivity contribution in [2.75, 3.05) is 13.2 Å². The van der Waals surface area contributed by atoms with Gasteiger partial charge in [-0.3, -0.25) is 10.8 Å². The van der Waals surface area contributed by atoms with E-state index in [9.17, 15) is 16.8 Å². The van der Waals surface area contributed by atoms with Crippen molar-refractivity contribution in [2.24, 2.45) is 11.5 Å². The molecule has 0 radical (unpaired) electrons. The minimum Gasteiger partial charge on any atom is -0.493 e. The molecule has 0 aliphatic carbocycles. The molecular weight excluding hydrogens is 617 g/mol. The minimum absolute atomic E-state index is 0.0866. The van der Waals surface area contributed by atoms with Crippen molar-refractivity contribution >= 4 is 31.7 Å². The van der Waals surface area contributed by atoms with E-state index >= 15 is 0 Å². The van der Waals surface area contributed by atoms with Crippen LogP contribution in [-0.4, -0.2) is 41.7 Å². The highest BCUT2D eigenvalue weighted by Gasteiger charge is 2.15. The van der Waals surface area contributed by atoms with E-state index in [0.717, 1.165) is 11.1 Å². The Bertz CT molecular complexity index is 1690. The first-order valence-electron chi connectivity index (χ1n) is 13.7. The summed E-state index contributed by atoms with van der Waals surface area (Å²) in [4.78, 5) is 0.173. The first kappa shape index (κ1) is 33.1. The summed E-state index contributed by atoms with van der Waals surface area (Å²) < 4.78 is 66.8. The quantitative estimate of drug-likeness (QED) is 0.0601. The molecule has 0 atom stereocenters. The van der Waals surface area contributed by atoms with E-state index in [-0.39, 0.29) is 34.6 Å². The molecule has 12 nitrogen and oxygen atoms in total. The Balaban J connectivity index is 1.14. The Morgan fingerprint density at radius 2 is 0.889 bits per heavy atom. The zero-order valence-corrected chi connectivity index (χ0v) is 25.8. The number of nitrogens with two attached hydrogens (primary N) is 2. The summed E-state index contributed by atoms with van der Waals surface area (Å²) in [6.07, 6.45) is 0.619. The van der Waals surface area contributed by atoms with Crippen LogP contribution in [0.3, 0.4) is 0 Å². The van der Waals surface area contributed by atoms with Gasteiger partial charge in [0.2, 0.25) is 20.0 Å². The first-order chi connectivity index (χ1) is 21.4. The third kappa shape index (κ3) is 9.61. The number of hydrogen-bond acceptors (Lipinski definition) is 8. The van der Waals surface area contributed by atoms with Crippen LogP contribution in [0.1, 0.15) is 28.7 Å². The molecule has 0 heterocycles. The lowest BCUT2D eigenvalue weighted by Gasteiger charge is -2.11. The standard InChI is InChI=1S/C31H34N6O6S2/c32-30(33)24-6-14-28(15-7-24)44(38,39)36-20-22-2-10-26(11-3-22)42-18-1-19-43-27-12-4-23(5-13-27)21-37-45(40,41)29-16-8-25(9-17-29)31(34)35/h2-17,36-37H,1,18-21H2,(H3,32,33)(H3,34,35). The van der Waals surface area contributed by atoms with Gasteiger partial charge in [0.25, 0.3) is 0 Å². The smallest absolute Gasteiger partial charge is 0.240 e. The Morgan fingerprint density at radius 1 is 0.556 bits per heavy atom. The van der Waals surface area contributed by atoms with Crippen LogP contribution >= 0.6 is 0 Å². The van der Waals surface area contributed by atoms with Crippen LogP contribution in [0.4, 0.5) is 0 Å². The Kier molecular flexibility index (Phi) is 10.9. The molecule has 0 unspecified atom stereocenters. The van der Waals surface area contributed by atoms with Gasteiger partial charge in [-0.1, -0.05) is 24.3 Å². The summed E-state index contributed by atoms with van der Waals surface area (Å²) in [7, 11) is -7.44. The molecule has 4 rings (SSSR count). The number of ether oxygens (including phenoxy) is 2. The van der Waals surface area contributed by atoms with Crippen LogP contribution in [0.15, 0.2) is 107 Å². The zero-order valence-electron chi connectivity index (χ0n) is 24.2. The summed E-state index contributed by atoms with van der Waals surface area (Å²) in [5.74, 6) is 1.02. The monoisotopic (exact) mass is 650 g/mol. The maximum atomic E-state index is 12.5. The Morgan fingerprint density at radius 3 is 1.20 bits per heavy atom. The Labute approximate surface area is 262 Å². The van der Waals surface area contributed by atoms with Crippen LogP contribution in [-0.2, 0) is 33.1 Å². The third-order valence-corrected chi connectivity index (χ3v) is 9.39. The maximum Gasteiger partial charge on any atom is 0.240 e. The molecule has 0 saturated carbocycles. The molecule has 14 heteroatoms. The fourth-order valence-electron chi connectivity index (χ4n) is 4.00. The van der Waals surface area contributed by atoms with Crippen molar-refractivity contribution in [3.8, 4) is 11.5 Å². The van der Waals surface area contributed by atoms with Crippen molar-refractivity contribution in [1.82, 2.24) is 9.44 Å². The highest BCUT2D eigenvalue weighted by Crippen LogP contribution is 2.17. The van der Waals surface area contributed by atoms with Gasteiger partial charge in [0.15, 0.2) is 0 Å². The number of sulfonamides is 2. The molecule has 0 amide bonds. The lowest BCUT2D eigenvalue weighted by molar-refractivity contribution is 0.247. The van der Waals surface area contributed by atoms with Gasteiger partial charge in [-0.05, 0) is 83.9 Å². The number of benzene rings is 4. The van der Waals surface area contributed by atoms with Gasteiger partial charge >= 0.3 is 0 Å². The number of nitrogen functional groups attached to an aromatic ring is 2. The second-order valence-corrected chi connectivity index (χ2v) is 13.4. The molecule has 0 spiro atoms.